The molecule has 0 aliphatic carbocycles. The maximum absolute atomic E-state index is 13.9. The molecule has 0 saturated carbocycles. The zero-order valence-corrected chi connectivity index (χ0v) is 24.9. The summed E-state index contributed by atoms with van der Waals surface area (Å²) in [6.45, 7) is 5.11. The molecule has 0 heterocycles. The minimum atomic E-state index is -4.10. The molecule has 0 aliphatic rings. The Morgan fingerprint density at radius 2 is 1.64 bits per heavy atom. The molecular weight excluding hydrogens is 582 g/mol. The third-order valence-electron chi connectivity index (χ3n) is 6.39. The molecule has 208 valence electrons. The lowest BCUT2D eigenvalue weighted by molar-refractivity contribution is -0.139. The first-order valence-electron chi connectivity index (χ1n) is 12.6. The van der Waals surface area contributed by atoms with Crippen LogP contribution in [0.1, 0.15) is 32.8 Å². The molecule has 0 aliphatic heterocycles. The summed E-state index contributed by atoms with van der Waals surface area (Å²) in [6.07, 6.45) is 0.733. The number of methoxy groups -OCH3 is 1. The second kappa shape index (κ2) is 13.6. The number of hydrogen-bond donors (Lipinski definition) is 1. The fraction of sp³-hybridized carbons (Fsp3) is 0.310. The molecule has 3 rings (SSSR count). The Labute approximate surface area is 239 Å². The zero-order valence-electron chi connectivity index (χ0n) is 22.5. The van der Waals surface area contributed by atoms with E-state index in [0.717, 1.165) is 16.3 Å². The van der Waals surface area contributed by atoms with Crippen molar-refractivity contribution in [1.82, 2.24) is 10.2 Å². The Morgan fingerprint density at radius 1 is 0.974 bits per heavy atom. The fourth-order valence-corrected chi connectivity index (χ4v) is 5.67. The first-order valence-corrected chi connectivity index (χ1v) is 14.9. The molecule has 2 atom stereocenters. The van der Waals surface area contributed by atoms with Gasteiger partial charge in [0.05, 0.1) is 17.7 Å². The molecule has 3 aromatic carbocycles. The van der Waals surface area contributed by atoms with E-state index in [4.69, 9.17) is 4.74 Å². The predicted molar refractivity (Wildman–Crippen MR) is 156 cm³/mol. The topological polar surface area (TPSA) is 96.0 Å². The van der Waals surface area contributed by atoms with Crippen molar-refractivity contribution >= 4 is 43.5 Å². The normalized spacial score (nSPS) is 12.7. The molecule has 8 nitrogen and oxygen atoms in total. The summed E-state index contributed by atoms with van der Waals surface area (Å²) in [4.78, 5) is 28.5. The van der Waals surface area contributed by atoms with Crippen LogP contribution in [0.25, 0.3) is 0 Å². The Balaban J connectivity index is 2.01. The maximum Gasteiger partial charge on any atom is 0.264 e. The van der Waals surface area contributed by atoms with Gasteiger partial charge in [0.15, 0.2) is 0 Å². The van der Waals surface area contributed by atoms with Gasteiger partial charge in [0.25, 0.3) is 10.0 Å². The van der Waals surface area contributed by atoms with Crippen LogP contribution in [-0.4, -0.2) is 50.9 Å². The van der Waals surface area contributed by atoms with E-state index in [2.05, 4.69) is 21.2 Å². The van der Waals surface area contributed by atoms with Crippen molar-refractivity contribution in [1.29, 1.82) is 0 Å². The Morgan fingerprint density at radius 3 is 2.23 bits per heavy atom. The van der Waals surface area contributed by atoms with E-state index in [1.165, 1.54) is 17.0 Å². The molecule has 39 heavy (non-hydrogen) atoms. The number of anilines is 1. The van der Waals surface area contributed by atoms with Gasteiger partial charge in [-0.25, -0.2) is 8.42 Å². The van der Waals surface area contributed by atoms with Crippen molar-refractivity contribution in [2.45, 2.75) is 50.7 Å². The highest BCUT2D eigenvalue weighted by Gasteiger charge is 2.32. The van der Waals surface area contributed by atoms with Gasteiger partial charge in [-0.3, -0.25) is 13.9 Å². The lowest BCUT2D eigenvalue weighted by Gasteiger charge is -2.32. The second-order valence-electron chi connectivity index (χ2n) is 9.17. The second-order valence-corrected chi connectivity index (χ2v) is 11.9. The molecule has 0 saturated heterocycles. The number of carbonyl (C=O) groups excluding carboxylic acids is 2. The first-order chi connectivity index (χ1) is 18.6. The summed E-state index contributed by atoms with van der Waals surface area (Å²) in [5.74, 6) is -0.169. The van der Waals surface area contributed by atoms with E-state index in [9.17, 15) is 18.0 Å². The number of benzene rings is 3. The van der Waals surface area contributed by atoms with Gasteiger partial charge in [-0.05, 0) is 68.3 Å². The highest BCUT2D eigenvalue weighted by atomic mass is 79.9. The molecule has 0 radical (unpaired) electrons. The van der Waals surface area contributed by atoms with Crippen LogP contribution in [0.5, 0.6) is 5.75 Å². The van der Waals surface area contributed by atoms with Gasteiger partial charge in [0.1, 0.15) is 18.3 Å². The largest absolute Gasteiger partial charge is 0.497 e. The van der Waals surface area contributed by atoms with Crippen molar-refractivity contribution in [3.05, 3.63) is 88.9 Å². The highest BCUT2D eigenvalue weighted by Crippen LogP contribution is 2.27. The maximum atomic E-state index is 13.9. The van der Waals surface area contributed by atoms with Gasteiger partial charge in [-0.2, -0.15) is 0 Å². The van der Waals surface area contributed by atoms with Crippen LogP contribution in [0.2, 0.25) is 0 Å². The van der Waals surface area contributed by atoms with Crippen LogP contribution in [0.3, 0.4) is 0 Å². The lowest BCUT2D eigenvalue weighted by atomic mass is 10.1. The fourth-order valence-electron chi connectivity index (χ4n) is 3.86. The molecule has 3 aromatic rings. The summed E-state index contributed by atoms with van der Waals surface area (Å²) in [5.41, 5.74) is 1.09. The van der Waals surface area contributed by atoms with E-state index in [0.29, 0.717) is 15.9 Å². The minimum Gasteiger partial charge on any atom is -0.497 e. The van der Waals surface area contributed by atoms with Crippen molar-refractivity contribution in [3.8, 4) is 5.75 Å². The summed E-state index contributed by atoms with van der Waals surface area (Å²) in [5, 5.41) is 2.93. The summed E-state index contributed by atoms with van der Waals surface area (Å²) in [6, 6.07) is 21.0. The van der Waals surface area contributed by atoms with Crippen LogP contribution in [-0.2, 0) is 26.2 Å². The summed E-state index contributed by atoms with van der Waals surface area (Å²) >= 11 is 3.40. The highest BCUT2D eigenvalue weighted by molar-refractivity contribution is 9.10. The van der Waals surface area contributed by atoms with Crippen molar-refractivity contribution < 1.29 is 22.7 Å². The third-order valence-corrected chi connectivity index (χ3v) is 8.67. The number of nitrogens with one attached hydrogen (secondary N) is 1. The number of halogens is 1. The molecule has 0 unspecified atom stereocenters. The van der Waals surface area contributed by atoms with Gasteiger partial charge in [-0.1, -0.05) is 59.3 Å². The number of nitrogens with zero attached hydrogens (tertiary/aromatic N) is 2. The molecule has 0 aromatic heterocycles. The Kier molecular flexibility index (Phi) is 10.5. The van der Waals surface area contributed by atoms with E-state index in [1.54, 1.807) is 68.6 Å². The molecule has 0 bridgehead atoms. The van der Waals surface area contributed by atoms with Crippen molar-refractivity contribution in [3.63, 3.8) is 0 Å². The van der Waals surface area contributed by atoms with Crippen LogP contribution < -0.4 is 14.4 Å². The smallest absolute Gasteiger partial charge is 0.264 e. The van der Waals surface area contributed by atoms with E-state index in [-0.39, 0.29) is 23.4 Å². The van der Waals surface area contributed by atoms with E-state index in [1.807, 2.05) is 26.0 Å². The van der Waals surface area contributed by atoms with Crippen molar-refractivity contribution in [2.75, 3.05) is 18.0 Å². The Bertz CT molecular complexity index is 1370. The van der Waals surface area contributed by atoms with Gasteiger partial charge >= 0.3 is 0 Å². The van der Waals surface area contributed by atoms with E-state index < -0.39 is 28.5 Å². The molecule has 10 heteroatoms. The number of sulfonamides is 1. The zero-order chi connectivity index (χ0) is 28.6. The molecular formula is C29H34BrN3O5S. The van der Waals surface area contributed by atoms with Gasteiger partial charge in [0, 0.05) is 17.1 Å². The average molecular weight is 617 g/mol. The quantitative estimate of drug-likeness (QED) is 0.310. The van der Waals surface area contributed by atoms with Crippen LogP contribution in [0.15, 0.2) is 88.2 Å². The van der Waals surface area contributed by atoms with Gasteiger partial charge < -0.3 is 15.0 Å². The van der Waals surface area contributed by atoms with Crippen molar-refractivity contribution in [2.24, 2.45) is 0 Å². The third kappa shape index (κ3) is 7.83. The van der Waals surface area contributed by atoms with Crippen LogP contribution >= 0.6 is 15.9 Å². The van der Waals surface area contributed by atoms with Gasteiger partial charge in [-0.15, -0.1) is 0 Å². The Hall–Kier alpha value is -3.37. The lowest BCUT2D eigenvalue weighted by Crippen LogP contribution is -2.52. The molecule has 2 amide bonds. The predicted octanol–water partition coefficient (Wildman–Crippen LogP) is 4.99. The number of amides is 2. The molecule has 0 fully saturated rings. The molecule has 1 N–H and O–H groups in total. The SMILES string of the molecule is CC[C@@H](C)NC(=O)[C@H](C)N(Cc1ccc(OC)cc1)C(=O)CN(c1cccc(Br)c1)S(=O)(=O)c1ccccc1. The first kappa shape index (κ1) is 30.2. The minimum absolute atomic E-state index is 0.0574. The van der Waals surface area contributed by atoms with Gasteiger partial charge in [0.2, 0.25) is 11.8 Å². The standard InChI is InChI=1S/C29H34BrN3O5S/c1-5-21(2)31-29(35)22(3)32(19-23-14-16-26(38-4)17-15-23)28(34)20-33(25-11-9-10-24(30)18-25)39(36,37)27-12-7-6-8-13-27/h6-18,21-22H,5,19-20H2,1-4H3,(H,31,35)/t21-,22+/m1/s1. The van der Waals surface area contributed by atoms with E-state index >= 15 is 0 Å². The monoisotopic (exact) mass is 615 g/mol. The number of rotatable bonds is 12. The van der Waals surface area contributed by atoms with Crippen LogP contribution in [0.4, 0.5) is 5.69 Å². The van der Waals surface area contributed by atoms with Crippen LogP contribution in [0, 0.1) is 0 Å². The number of hydrogen-bond acceptors (Lipinski definition) is 5. The summed E-state index contributed by atoms with van der Waals surface area (Å²) < 4.78 is 34.5. The summed E-state index contributed by atoms with van der Waals surface area (Å²) in [7, 11) is -2.54. The number of carbonyl (C=O) groups is 2. The average Bonchev–Trinajstić information content (AvgIpc) is 2.94. The molecule has 0 spiro atoms. The number of ether oxygens (including phenoxy) is 1.